The Kier molecular flexibility index (Phi) is 2.91. The maximum atomic E-state index is 10.0. The molecule has 0 radical (unpaired) electrons. The lowest BCUT2D eigenvalue weighted by Gasteiger charge is -2.20. The summed E-state index contributed by atoms with van der Waals surface area (Å²) in [4.78, 5) is 0. The topological polar surface area (TPSA) is 55.9 Å². The average molecular weight is 246 g/mol. The van der Waals surface area contributed by atoms with E-state index in [0.717, 1.165) is 37.9 Å². The summed E-state index contributed by atoms with van der Waals surface area (Å²) in [6.07, 6.45) is 6.32. The fraction of sp³-hybridized carbons (Fsp3) is 0.538. The monoisotopic (exact) mass is 246 g/mol. The zero-order valence-corrected chi connectivity index (χ0v) is 10.6. The number of aliphatic hydroxyl groups is 1. The van der Waals surface area contributed by atoms with Gasteiger partial charge in [-0.1, -0.05) is 5.21 Å². The molecule has 1 atom stereocenters. The van der Waals surface area contributed by atoms with Gasteiger partial charge in [-0.3, -0.25) is 4.68 Å². The summed E-state index contributed by atoms with van der Waals surface area (Å²) in [6, 6.07) is 2.13. The lowest BCUT2D eigenvalue weighted by Crippen LogP contribution is -2.15. The van der Waals surface area contributed by atoms with E-state index in [1.165, 1.54) is 11.4 Å². The van der Waals surface area contributed by atoms with Gasteiger partial charge in [0.05, 0.1) is 18.8 Å². The quantitative estimate of drug-likeness (QED) is 0.892. The first kappa shape index (κ1) is 11.5. The number of rotatable bonds is 3. The van der Waals surface area contributed by atoms with Crippen molar-refractivity contribution in [2.24, 2.45) is 0 Å². The van der Waals surface area contributed by atoms with Crippen LogP contribution >= 0.6 is 0 Å². The molecule has 96 valence electrons. The first-order valence-corrected chi connectivity index (χ1v) is 6.47. The molecule has 1 aliphatic carbocycles. The Morgan fingerprint density at radius 2 is 2.33 bits per heavy atom. The van der Waals surface area contributed by atoms with Crippen LogP contribution in [0.2, 0.25) is 0 Å². The molecule has 0 amide bonds. The van der Waals surface area contributed by atoms with Gasteiger partial charge in [-0.15, -0.1) is 5.10 Å². The van der Waals surface area contributed by atoms with Crippen molar-refractivity contribution in [1.29, 1.82) is 0 Å². The van der Waals surface area contributed by atoms with Crippen LogP contribution in [0.1, 0.15) is 35.9 Å². The Hall–Kier alpha value is -1.62. The highest BCUT2D eigenvalue weighted by Crippen LogP contribution is 2.32. The van der Waals surface area contributed by atoms with Gasteiger partial charge in [-0.05, 0) is 32.3 Å². The SMILES string of the molecule is Cc1cc2c(n1CCn1ccnn1)CCCC2O. The molecule has 2 aromatic rings. The van der Waals surface area contributed by atoms with Crippen molar-refractivity contribution in [2.45, 2.75) is 45.4 Å². The molecule has 0 saturated heterocycles. The molecule has 18 heavy (non-hydrogen) atoms. The van der Waals surface area contributed by atoms with Gasteiger partial charge >= 0.3 is 0 Å². The number of nitrogens with zero attached hydrogens (tertiary/aromatic N) is 4. The maximum Gasteiger partial charge on any atom is 0.0807 e. The number of hydrogen-bond donors (Lipinski definition) is 1. The van der Waals surface area contributed by atoms with Gasteiger partial charge in [0.25, 0.3) is 0 Å². The van der Waals surface area contributed by atoms with Crippen LogP contribution in [0.3, 0.4) is 0 Å². The third-order valence-corrected chi connectivity index (χ3v) is 3.72. The van der Waals surface area contributed by atoms with Gasteiger partial charge in [0, 0.05) is 29.7 Å². The normalized spacial score (nSPS) is 18.9. The second kappa shape index (κ2) is 4.57. The summed E-state index contributed by atoms with van der Waals surface area (Å²) in [7, 11) is 0. The summed E-state index contributed by atoms with van der Waals surface area (Å²) in [6.45, 7) is 3.81. The fourth-order valence-corrected chi connectivity index (χ4v) is 2.81. The summed E-state index contributed by atoms with van der Waals surface area (Å²) >= 11 is 0. The van der Waals surface area contributed by atoms with Crippen LogP contribution in [0.5, 0.6) is 0 Å². The van der Waals surface area contributed by atoms with Gasteiger partial charge < -0.3 is 9.67 Å². The van der Waals surface area contributed by atoms with Crippen LogP contribution in [0, 0.1) is 6.92 Å². The molecule has 0 fully saturated rings. The van der Waals surface area contributed by atoms with Crippen molar-refractivity contribution >= 4 is 0 Å². The summed E-state index contributed by atoms with van der Waals surface area (Å²) in [5.41, 5.74) is 3.64. The van der Waals surface area contributed by atoms with E-state index in [1.54, 1.807) is 6.20 Å². The molecule has 3 rings (SSSR count). The molecule has 0 aliphatic heterocycles. The minimum absolute atomic E-state index is 0.278. The molecule has 0 bridgehead atoms. The van der Waals surface area contributed by atoms with Crippen LogP contribution in [0.15, 0.2) is 18.5 Å². The summed E-state index contributed by atoms with van der Waals surface area (Å²) < 4.78 is 4.14. The van der Waals surface area contributed by atoms with Crippen LogP contribution in [0.4, 0.5) is 0 Å². The number of hydrogen-bond acceptors (Lipinski definition) is 3. The van der Waals surface area contributed by atoms with E-state index < -0.39 is 0 Å². The molecule has 5 heteroatoms. The Morgan fingerprint density at radius 3 is 3.11 bits per heavy atom. The van der Waals surface area contributed by atoms with E-state index in [0.29, 0.717) is 0 Å². The first-order valence-electron chi connectivity index (χ1n) is 6.47. The molecule has 0 saturated carbocycles. The number of aliphatic hydroxyl groups excluding tert-OH is 1. The Bertz CT molecular complexity index is 529. The van der Waals surface area contributed by atoms with E-state index in [9.17, 15) is 5.11 Å². The molecule has 1 aliphatic rings. The van der Waals surface area contributed by atoms with Crippen LogP contribution in [-0.4, -0.2) is 24.7 Å². The smallest absolute Gasteiger partial charge is 0.0807 e. The molecular formula is C13H18N4O. The van der Waals surface area contributed by atoms with Crippen LogP contribution in [-0.2, 0) is 19.5 Å². The van der Waals surface area contributed by atoms with E-state index in [1.807, 2.05) is 10.9 Å². The van der Waals surface area contributed by atoms with Gasteiger partial charge in [0.2, 0.25) is 0 Å². The summed E-state index contributed by atoms with van der Waals surface area (Å²) in [5.74, 6) is 0. The Labute approximate surface area is 106 Å². The fourth-order valence-electron chi connectivity index (χ4n) is 2.81. The second-order valence-electron chi connectivity index (χ2n) is 4.91. The van der Waals surface area contributed by atoms with Crippen LogP contribution < -0.4 is 0 Å². The predicted molar refractivity (Wildman–Crippen MR) is 67.1 cm³/mol. The van der Waals surface area contributed by atoms with Gasteiger partial charge in [0.15, 0.2) is 0 Å². The Morgan fingerprint density at radius 1 is 1.44 bits per heavy atom. The standard InChI is InChI=1S/C13H18N4O/c1-10-9-11-12(3-2-4-13(11)18)17(10)8-7-16-6-5-14-15-16/h5-6,9,13,18H,2-4,7-8H2,1H3. The molecular weight excluding hydrogens is 228 g/mol. The molecule has 1 N–H and O–H groups in total. The highest BCUT2D eigenvalue weighted by atomic mass is 16.3. The zero-order valence-electron chi connectivity index (χ0n) is 10.6. The lowest BCUT2D eigenvalue weighted by atomic mass is 9.95. The summed E-state index contributed by atoms with van der Waals surface area (Å²) in [5, 5.41) is 17.8. The van der Waals surface area contributed by atoms with Crippen molar-refractivity contribution in [1.82, 2.24) is 19.6 Å². The Balaban J connectivity index is 1.83. The number of fused-ring (bicyclic) bond motifs is 1. The second-order valence-corrected chi connectivity index (χ2v) is 4.91. The molecule has 0 aromatic carbocycles. The van der Waals surface area contributed by atoms with E-state index in [-0.39, 0.29) is 6.10 Å². The third kappa shape index (κ3) is 1.95. The average Bonchev–Trinajstić information content (AvgIpc) is 2.95. The minimum Gasteiger partial charge on any atom is -0.388 e. The maximum absolute atomic E-state index is 10.0. The zero-order chi connectivity index (χ0) is 12.5. The highest BCUT2D eigenvalue weighted by molar-refractivity contribution is 5.31. The van der Waals surface area contributed by atoms with Crippen molar-refractivity contribution in [3.8, 4) is 0 Å². The van der Waals surface area contributed by atoms with Gasteiger partial charge in [0.1, 0.15) is 0 Å². The predicted octanol–water partition coefficient (Wildman–Crippen LogP) is 1.46. The van der Waals surface area contributed by atoms with E-state index >= 15 is 0 Å². The van der Waals surface area contributed by atoms with E-state index in [4.69, 9.17) is 0 Å². The first-order chi connectivity index (χ1) is 8.75. The van der Waals surface area contributed by atoms with Crippen molar-refractivity contribution in [3.63, 3.8) is 0 Å². The van der Waals surface area contributed by atoms with Crippen LogP contribution in [0.25, 0.3) is 0 Å². The lowest BCUT2D eigenvalue weighted by molar-refractivity contribution is 0.155. The van der Waals surface area contributed by atoms with Gasteiger partial charge in [-0.2, -0.15) is 0 Å². The van der Waals surface area contributed by atoms with E-state index in [2.05, 4.69) is 27.9 Å². The van der Waals surface area contributed by atoms with Crippen molar-refractivity contribution < 1.29 is 5.11 Å². The molecule has 1 unspecified atom stereocenters. The highest BCUT2D eigenvalue weighted by Gasteiger charge is 2.22. The minimum atomic E-state index is -0.278. The molecule has 0 spiro atoms. The van der Waals surface area contributed by atoms with Crippen molar-refractivity contribution in [3.05, 3.63) is 35.4 Å². The van der Waals surface area contributed by atoms with Crippen molar-refractivity contribution in [2.75, 3.05) is 0 Å². The molecule has 2 aromatic heterocycles. The third-order valence-electron chi connectivity index (χ3n) is 3.72. The number of aryl methyl sites for hydroxylation is 2. The largest absolute Gasteiger partial charge is 0.388 e. The molecule has 2 heterocycles. The molecule has 5 nitrogen and oxygen atoms in total. The van der Waals surface area contributed by atoms with Gasteiger partial charge in [-0.25, -0.2) is 0 Å². The number of aromatic nitrogens is 4.